The Morgan fingerprint density at radius 1 is 1.44 bits per heavy atom. The molecular formula is C14H29N3O. The van der Waals surface area contributed by atoms with Crippen LogP contribution in [0, 0.1) is 11.8 Å². The molecule has 0 aliphatic carbocycles. The highest BCUT2D eigenvalue weighted by Crippen LogP contribution is 2.26. The third-order valence-electron chi connectivity index (χ3n) is 4.12. The van der Waals surface area contributed by atoms with Crippen molar-refractivity contribution in [2.24, 2.45) is 17.6 Å². The van der Waals surface area contributed by atoms with E-state index in [4.69, 9.17) is 5.73 Å². The van der Waals surface area contributed by atoms with E-state index >= 15 is 0 Å². The fourth-order valence-corrected chi connectivity index (χ4v) is 2.88. The summed E-state index contributed by atoms with van der Waals surface area (Å²) in [4.78, 5) is 13.9. The van der Waals surface area contributed by atoms with Gasteiger partial charge in [0.2, 0.25) is 5.91 Å². The van der Waals surface area contributed by atoms with E-state index in [-0.39, 0.29) is 11.9 Å². The molecule has 1 aliphatic heterocycles. The number of carbonyl (C=O) groups excluding carboxylic acids is 1. The van der Waals surface area contributed by atoms with Gasteiger partial charge in [-0.25, -0.2) is 0 Å². The highest BCUT2D eigenvalue weighted by atomic mass is 16.1. The minimum Gasteiger partial charge on any atom is -0.368 e. The smallest absolute Gasteiger partial charge is 0.235 e. The quantitative estimate of drug-likeness (QED) is 0.750. The number of nitrogens with two attached hydrogens (primary N) is 1. The lowest BCUT2D eigenvalue weighted by molar-refractivity contribution is -0.121. The Morgan fingerprint density at radius 3 is 2.67 bits per heavy atom. The maximum absolute atomic E-state index is 11.5. The number of primary amides is 1. The van der Waals surface area contributed by atoms with Crippen molar-refractivity contribution in [2.45, 2.75) is 52.6 Å². The van der Waals surface area contributed by atoms with Gasteiger partial charge < -0.3 is 11.1 Å². The minimum atomic E-state index is -0.235. The highest BCUT2D eigenvalue weighted by molar-refractivity contribution is 5.80. The maximum atomic E-state index is 11.5. The summed E-state index contributed by atoms with van der Waals surface area (Å²) in [6, 6.07) is 0.316. The molecule has 106 valence electrons. The Bertz CT molecular complexity index is 270. The van der Waals surface area contributed by atoms with Gasteiger partial charge in [0.05, 0.1) is 6.04 Å². The lowest BCUT2D eigenvalue weighted by Gasteiger charge is -2.42. The van der Waals surface area contributed by atoms with E-state index in [0.717, 1.165) is 26.1 Å². The first-order chi connectivity index (χ1) is 8.45. The van der Waals surface area contributed by atoms with Crippen LogP contribution in [0.15, 0.2) is 0 Å². The second kappa shape index (κ2) is 7.10. The first-order valence-electron chi connectivity index (χ1n) is 7.22. The average Bonchev–Trinajstić information content (AvgIpc) is 2.29. The summed E-state index contributed by atoms with van der Waals surface area (Å²) in [6.45, 7) is 11.6. The molecule has 18 heavy (non-hydrogen) atoms. The van der Waals surface area contributed by atoms with Crippen LogP contribution in [0.4, 0.5) is 0 Å². The SMILES string of the molecule is CCCNC(CN1CC(C)CC(C)C1C)C(N)=O. The van der Waals surface area contributed by atoms with E-state index in [1.54, 1.807) is 0 Å². The molecule has 0 bridgehead atoms. The molecule has 4 unspecified atom stereocenters. The topological polar surface area (TPSA) is 58.4 Å². The zero-order valence-corrected chi connectivity index (χ0v) is 12.3. The summed E-state index contributed by atoms with van der Waals surface area (Å²) < 4.78 is 0. The van der Waals surface area contributed by atoms with Gasteiger partial charge in [-0.2, -0.15) is 0 Å². The zero-order valence-electron chi connectivity index (χ0n) is 12.3. The molecule has 0 aromatic carbocycles. The van der Waals surface area contributed by atoms with Crippen LogP contribution in [0.1, 0.15) is 40.5 Å². The molecule has 0 saturated carbocycles. The molecule has 1 aliphatic rings. The van der Waals surface area contributed by atoms with Crippen molar-refractivity contribution in [3.63, 3.8) is 0 Å². The van der Waals surface area contributed by atoms with Crippen LogP contribution < -0.4 is 11.1 Å². The summed E-state index contributed by atoms with van der Waals surface area (Å²) in [5.74, 6) is 1.16. The monoisotopic (exact) mass is 255 g/mol. The van der Waals surface area contributed by atoms with Gasteiger partial charge >= 0.3 is 0 Å². The summed E-state index contributed by atoms with van der Waals surface area (Å²) in [5, 5.41) is 3.25. The van der Waals surface area contributed by atoms with Crippen molar-refractivity contribution in [1.29, 1.82) is 0 Å². The van der Waals surface area contributed by atoms with Crippen LogP contribution >= 0.6 is 0 Å². The van der Waals surface area contributed by atoms with Gasteiger partial charge in [-0.1, -0.05) is 20.8 Å². The number of nitrogens with zero attached hydrogens (tertiary/aromatic N) is 1. The summed E-state index contributed by atoms with van der Waals surface area (Å²) >= 11 is 0. The second-order valence-electron chi connectivity index (χ2n) is 5.92. The van der Waals surface area contributed by atoms with Gasteiger partial charge in [0, 0.05) is 19.1 Å². The summed E-state index contributed by atoms with van der Waals surface area (Å²) in [7, 11) is 0. The first-order valence-corrected chi connectivity index (χ1v) is 7.22. The van der Waals surface area contributed by atoms with Gasteiger partial charge in [0.1, 0.15) is 0 Å². The van der Waals surface area contributed by atoms with Gasteiger partial charge in [0.25, 0.3) is 0 Å². The van der Waals surface area contributed by atoms with Gasteiger partial charge in [-0.3, -0.25) is 9.69 Å². The minimum absolute atomic E-state index is 0.218. The van der Waals surface area contributed by atoms with Crippen molar-refractivity contribution in [3.8, 4) is 0 Å². The van der Waals surface area contributed by atoms with Gasteiger partial charge in [-0.05, 0) is 38.1 Å². The van der Waals surface area contributed by atoms with Crippen molar-refractivity contribution in [1.82, 2.24) is 10.2 Å². The Balaban J connectivity index is 2.58. The molecule has 1 saturated heterocycles. The van der Waals surface area contributed by atoms with Gasteiger partial charge in [-0.15, -0.1) is 0 Å². The van der Waals surface area contributed by atoms with Crippen molar-refractivity contribution >= 4 is 5.91 Å². The van der Waals surface area contributed by atoms with Gasteiger partial charge in [0.15, 0.2) is 0 Å². The standard InChI is InChI=1S/C14H29N3O/c1-5-6-16-13(14(15)18)9-17-8-10(2)7-11(3)12(17)4/h10-13,16H,5-9H2,1-4H3,(H2,15,18). The fraction of sp³-hybridized carbons (Fsp3) is 0.929. The molecule has 4 heteroatoms. The molecule has 1 rings (SSSR count). The van der Waals surface area contributed by atoms with Crippen LogP contribution in [0.2, 0.25) is 0 Å². The largest absolute Gasteiger partial charge is 0.368 e. The molecule has 4 atom stereocenters. The third-order valence-corrected chi connectivity index (χ3v) is 4.12. The van der Waals surface area contributed by atoms with Crippen LogP contribution in [-0.4, -0.2) is 42.5 Å². The number of carbonyl (C=O) groups is 1. The van der Waals surface area contributed by atoms with Crippen molar-refractivity contribution in [2.75, 3.05) is 19.6 Å². The maximum Gasteiger partial charge on any atom is 0.235 e. The molecule has 4 nitrogen and oxygen atoms in total. The van der Waals surface area contributed by atoms with Crippen molar-refractivity contribution in [3.05, 3.63) is 0 Å². The molecular weight excluding hydrogens is 226 g/mol. The van der Waals surface area contributed by atoms with Crippen LogP contribution in [0.25, 0.3) is 0 Å². The molecule has 1 heterocycles. The Morgan fingerprint density at radius 2 is 2.11 bits per heavy atom. The zero-order chi connectivity index (χ0) is 13.7. The van der Waals surface area contributed by atoms with Crippen molar-refractivity contribution < 1.29 is 4.79 Å². The molecule has 1 amide bonds. The van der Waals surface area contributed by atoms with E-state index in [2.05, 4.69) is 37.9 Å². The summed E-state index contributed by atoms with van der Waals surface area (Å²) in [6.07, 6.45) is 2.30. The predicted octanol–water partition coefficient (Wildman–Crippen LogP) is 1.21. The number of nitrogens with one attached hydrogen (secondary N) is 1. The van der Waals surface area contributed by atoms with Crippen LogP contribution in [0.5, 0.6) is 0 Å². The molecule has 0 aromatic heterocycles. The molecule has 1 fully saturated rings. The average molecular weight is 255 g/mol. The van der Waals surface area contributed by atoms with E-state index in [1.807, 2.05) is 0 Å². The summed E-state index contributed by atoms with van der Waals surface area (Å²) in [5.41, 5.74) is 5.48. The lowest BCUT2D eigenvalue weighted by atomic mass is 9.85. The number of likely N-dealkylation sites (tertiary alicyclic amines) is 1. The number of hydrogen-bond donors (Lipinski definition) is 2. The molecule has 0 radical (unpaired) electrons. The Labute approximate surface area is 111 Å². The van der Waals surface area contributed by atoms with E-state index in [9.17, 15) is 4.79 Å². The highest BCUT2D eigenvalue weighted by Gasteiger charge is 2.31. The second-order valence-corrected chi connectivity index (χ2v) is 5.92. The molecule has 3 N–H and O–H groups in total. The Hall–Kier alpha value is -0.610. The number of piperidine rings is 1. The Kier molecular flexibility index (Phi) is 6.09. The number of amides is 1. The van der Waals surface area contributed by atoms with E-state index in [0.29, 0.717) is 17.9 Å². The first kappa shape index (κ1) is 15.4. The van der Waals surface area contributed by atoms with E-state index in [1.165, 1.54) is 6.42 Å². The number of rotatable bonds is 6. The number of hydrogen-bond acceptors (Lipinski definition) is 3. The predicted molar refractivity (Wildman–Crippen MR) is 75.3 cm³/mol. The molecule has 0 aromatic rings. The fourth-order valence-electron chi connectivity index (χ4n) is 2.88. The van der Waals surface area contributed by atoms with Crippen LogP contribution in [-0.2, 0) is 4.79 Å². The lowest BCUT2D eigenvalue weighted by Crippen LogP contribution is -2.55. The van der Waals surface area contributed by atoms with E-state index < -0.39 is 0 Å². The molecule has 0 spiro atoms. The van der Waals surface area contributed by atoms with Crippen LogP contribution in [0.3, 0.4) is 0 Å². The normalized spacial score (nSPS) is 31.2. The third kappa shape index (κ3) is 4.25.